The van der Waals surface area contributed by atoms with Crippen LogP contribution < -0.4 is 5.32 Å². The zero-order valence-electron chi connectivity index (χ0n) is 9.78. The maximum absolute atomic E-state index is 12.3. The summed E-state index contributed by atoms with van der Waals surface area (Å²) in [4.78, 5) is 14.1. The van der Waals surface area contributed by atoms with E-state index >= 15 is 0 Å². The molecular formula is C13H13BrN2O2. The number of nitrogens with zero attached hydrogens (tertiary/aromatic N) is 1. The summed E-state index contributed by atoms with van der Waals surface area (Å²) in [6.45, 7) is 3.15. The van der Waals surface area contributed by atoms with Gasteiger partial charge in [-0.05, 0) is 28.1 Å². The molecule has 1 amide bonds. The number of para-hydroxylation sites is 1. The Hall–Kier alpha value is -1.33. The van der Waals surface area contributed by atoms with Gasteiger partial charge in [-0.25, -0.2) is 0 Å². The van der Waals surface area contributed by atoms with Gasteiger partial charge in [0, 0.05) is 31.6 Å². The maximum Gasteiger partial charge on any atom is 0.289 e. The second-order valence-electron chi connectivity index (χ2n) is 4.31. The molecule has 1 saturated heterocycles. The molecule has 0 unspecified atom stereocenters. The van der Waals surface area contributed by atoms with E-state index in [4.69, 9.17) is 4.42 Å². The van der Waals surface area contributed by atoms with Gasteiger partial charge in [0.05, 0.1) is 4.47 Å². The highest BCUT2D eigenvalue weighted by atomic mass is 79.9. The molecule has 94 valence electrons. The molecule has 1 aliphatic rings. The molecule has 0 spiro atoms. The number of fused-ring (bicyclic) bond motifs is 1. The van der Waals surface area contributed by atoms with Crippen LogP contribution in [0.25, 0.3) is 11.0 Å². The Bertz CT molecular complexity index is 588. The maximum atomic E-state index is 12.3. The van der Waals surface area contributed by atoms with Crippen molar-refractivity contribution in [3.05, 3.63) is 34.5 Å². The van der Waals surface area contributed by atoms with Gasteiger partial charge in [0.1, 0.15) is 5.58 Å². The van der Waals surface area contributed by atoms with E-state index in [9.17, 15) is 4.79 Å². The van der Waals surface area contributed by atoms with E-state index in [-0.39, 0.29) is 5.91 Å². The van der Waals surface area contributed by atoms with Gasteiger partial charge in [-0.1, -0.05) is 12.1 Å². The van der Waals surface area contributed by atoms with Crippen LogP contribution in [-0.4, -0.2) is 37.0 Å². The van der Waals surface area contributed by atoms with Crippen molar-refractivity contribution in [1.82, 2.24) is 10.2 Å². The number of nitrogens with one attached hydrogen (secondary N) is 1. The third kappa shape index (κ3) is 2.04. The zero-order valence-corrected chi connectivity index (χ0v) is 11.4. The number of hydrogen-bond donors (Lipinski definition) is 1. The first-order valence-electron chi connectivity index (χ1n) is 5.94. The number of carbonyl (C=O) groups excluding carboxylic acids is 1. The SMILES string of the molecule is O=C(c1cc2cccc(Br)c2o1)N1CCNCC1. The van der Waals surface area contributed by atoms with Crippen LogP contribution in [0.4, 0.5) is 0 Å². The fourth-order valence-corrected chi connectivity index (χ4v) is 2.62. The molecule has 4 nitrogen and oxygen atoms in total. The summed E-state index contributed by atoms with van der Waals surface area (Å²) in [6.07, 6.45) is 0. The molecule has 1 aromatic heterocycles. The number of carbonyl (C=O) groups is 1. The van der Waals surface area contributed by atoms with Crippen molar-refractivity contribution in [2.75, 3.05) is 26.2 Å². The fraction of sp³-hybridized carbons (Fsp3) is 0.308. The lowest BCUT2D eigenvalue weighted by molar-refractivity contribution is 0.0706. The molecule has 2 aromatic rings. The second kappa shape index (κ2) is 4.74. The highest BCUT2D eigenvalue weighted by Gasteiger charge is 2.21. The molecule has 0 atom stereocenters. The summed E-state index contributed by atoms with van der Waals surface area (Å²) in [7, 11) is 0. The third-order valence-corrected chi connectivity index (χ3v) is 3.74. The van der Waals surface area contributed by atoms with Gasteiger partial charge in [0.2, 0.25) is 0 Å². The highest BCUT2D eigenvalue weighted by Crippen LogP contribution is 2.27. The Labute approximate surface area is 113 Å². The number of benzene rings is 1. The number of furan rings is 1. The van der Waals surface area contributed by atoms with E-state index in [0.29, 0.717) is 5.76 Å². The minimum Gasteiger partial charge on any atom is -0.450 e. The molecule has 0 bridgehead atoms. The standard InChI is InChI=1S/C13H13BrN2O2/c14-10-3-1-2-9-8-11(18-12(9)10)13(17)16-6-4-15-5-7-16/h1-3,8,15H,4-7H2. The Balaban J connectivity index is 1.94. The molecular weight excluding hydrogens is 296 g/mol. The summed E-state index contributed by atoms with van der Waals surface area (Å²) in [5.74, 6) is 0.387. The number of halogens is 1. The van der Waals surface area contributed by atoms with E-state index in [1.54, 1.807) is 0 Å². The van der Waals surface area contributed by atoms with Crippen molar-refractivity contribution in [3.8, 4) is 0 Å². The Morgan fingerprint density at radius 3 is 2.83 bits per heavy atom. The van der Waals surface area contributed by atoms with Gasteiger partial charge in [-0.15, -0.1) is 0 Å². The molecule has 18 heavy (non-hydrogen) atoms. The Kier molecular flexibility index (Phi) is 3.09. The van der Waals surface area contributed by atoms with Crippen molar-refractivity contribution < 1.29 is 9.21 Å². The topological polar surface area (TPSA) is 45.5 Å². The van der Waals surface area contributed by atoms with Crippen LogP contribution in [0.2, 0.25) is 0 Å². The number of rotatable bonds is 1. The van der Waals surface area contributed by atoms with E-state index in [1.807, 2.05) is 29.2 Å². The van der Waals surface area contributed by atoms with Crippen LogP contribution >= 0.6 is 15.9 Å². The van der Waals surface area contributed by atoms with E-state index in [2.05, 4.69) is 21.2 Å². The molecule has 2 heterocycles. The van der Waals surface area contributed by atoms with Crippen LogP contribution in [0.15, 0.2) is 33.2 Å². The normalized spacial score (nSPS) is 16.2. The van der Waals surface area contributed by atoms with E-state index < -0.39 is 0 Å². The van der Waals surface area contributed by atoms with E-state index in [1.165, 1.54) is 0 Å². The zero-order chi connectivity index (χ0) is 12.5. The summed E-state index contributed by atoms with van der Waals surface area (Å²) in [5, 5.41) is 4.17. The van der Waals surface area contributed by atoms with Crippen molar-refractivity contribution in [3.63, 3.8) is 0 Å². The smallest absolute Gasteiger partial charge is 0.289 e. The van der Waals surface area contributed by atoms with Crippen LogP contribution in [0.5, 0.6) is 0 Å². The number of amides is 1. The summed E-state index contributed by atoms with van der Waals surface area (Å²) in [5.41, 5.74) is 0.732. The van der Waals surface area contributed by atoms with Crippen LogP contribution in [0.3, 0.4) is 0 Å². The first-order valence-corrected chi connectivity index (χ1v) is 6.73. The predicted octanol–water partition coefficient (Wildman–Crippen LogP) is 2.24. The van der Waals surface area contributed by atoms with Crippen LogP contribution in [0, 0.1) is 0 Å². The minimum absolute atomic E-state index is 0.0281. The lowest BCUT2D eigenvalue weighted by Crippen LogP contribution is -2.46. The van der Waals surface area contributed by atoms with E-state index in [0.717, 1.165) is 41.6 Å². The second-order valence-corrected chi connectivity index (χ2v) is 5.17. The lowest BCUT2D eigenvalue weighted by Gasteiger charge is -2.26. The van der Waals surface area contributed by atoms with Gasteiger partial charge < -0.3 is 14.6 Å². The van der Waals surface area contributed by atoms with Crippen molar-refractivity contribution in [2.24, 2.45) is 0 Å². The molecule has 0 aliphatic carbocycles. The monoisotopic (exact) mass is 308 g/mol. The van der Waals surface area contributed by atoms with Crippen molar-refractivity contribution in [2.45, 2.75) is 0 Å². The number of hydrogen-bond acceptors (Lipinski definition) is 3. The minimum atomic E-state index is -0.0281. The van der Waals surface area contributed by atoms with Gasteiger partial charge in [0.25, 0.3) is 5.91 Å². The molecule has 0 saturated carbocycles. The quantitative estimate of drug-likeness (QED) is 0.879. The highest BCUT2D eigenvalue weighted by molar-refractivity contribution is 9.10. The number of piperazine rings is 1. The summed E-state index contributed by atoms with van der Waals surface area (Å²) < 4.78 is 6.53. The molecule has 3 rings (SSSR count). The molecule has 5 heteroatoms. The molecule has 1 aliphatic heterocycles. The molecule has 1 N–H and O–H groups in total. The first kappa shape index (κ1) is 11.7. The first-order chi connectivity index (χ1) is 8.75. The molecule has 1 fully saturated rings. The van der Waals surface area contributed by atoms with Gasteiger partial charge in [-0.3, -0.25) is 4.79 Å². The molecule has 1 aromatic carbocycles. The van der Waals surface area contributed by atoms with Crippen molar-refractivity contribution >= 4 is 32.8 Å². The van der Waals surface area contributed by atoms with Crippen LogP contribution in [-0.2, 0) is 0 Å². The Morgan fingerprint density at radius 2 is 2.11 bits per heavy atom. The lowest BCUT2D eigenvalue weighted by atomic mass is 10.2. The largest absolute Gasteiger partial charge is 0.450 e. The fourth-order valence-electron chi connectivity index (χ4n) is 2.16. The van der Waals surface area contributed by atoms with Gasteiger partial charge in [-0.2, -0.15) is 0 Å². The van der Waals surface area contributed by atoms with Gasteiger partial charge in [0.15, 0.2) is 5.76 Å². The molecule has 0 radical (unpaired) electrons. The summed E-state index contributed by atoms with van der Waals surface area (Å²) >= 11 is 3.43. The van der Waals surface area contributed by atoms with Gasteiger partial charge >= 0.3 is 0 Å². The third-order valence-electron chi connectivity index (χ3n) is 3.11. The van der Waals surface area contributed by atoms with Crippen molar-refractivity contribution in [1.29, 1.82) is 0 Å². The van der Waals surface area contributed by atoms with Crippen LogP contribution in [0.1, 0.15) is 10.6 Å². The predicted molar refractivity (Wildman–Crippen MR) is 72.7 cm³/mol. The average Bonchev–Trinajstić information content (AvgIpc) is 2.84. The Morgan fingerprint density at radius 1 is 1.33 bits per heavy atom. The summed E-state index contributed by atoms with van der Waals surface area (Å²) in [6, 6.07) is 7.59. The average molecular weight is 309 g/mol.